The summed E-state index contributed by atoms with van der Waals surface area (Å²) in [5.41, 5.74) is 1.01. The number of carbonyl (C=O) groups excluding carboxylic acids is 3. The molecule has 1 saturated heterocycles. The Balaban J connectivity index is 1.36. The summed E-state index contributed by atoms with van der Waals surface area (Å²) in [7, 11) is 1.54. The van der Waals surface area contributed by atoms with Gasteiger partial charge in [0.05, 0.1) is 24.6 Å². The van der Waals surface area contributed by atoms with Crippen LogP contribution in [0.15, 0.2) is 66.7 Å². The Hall–Kier alpha value is -3.41. The second kappa shape index (κ2) is 7.05. The lowest BCUT2D eigenvalue weighted by molar-refractivity contribution is -0.140. The minimum absolute atomic E-state index is 0.118. The van der Waals surface area contributed by atoms with Crippen LogP contribution < -0.4 is 9.64 Å². The zero-order valence-electron chi connectivity index (χ0n) is 17.8. The van der Waals surface area contributed by atoms with Crippen LogP contribution in [0.25, 0.3) is 0 Å². The molecule has 1 heterocycles. The smallest absolute Gasteiger partial charge is 0.259 e. The molecule has 6 atom stereocenters. The first-order chi connectivity index (χ1) is 15.6. The first-order valence-corrected chi connectivity index (χ1v) is 11.1. The number of ether oxygens (including phenoxy) is 1. The third-order valence-corrected chi connectivity index (χ3v) is 7.68. The maximum atomic E-state index is 13.5. The number of anilines is 1. The molecule has 2 bridgehead atoms. The lowest BCUT2D eigenvalue weighted by Crippen LogP contribution is -2.45. The van der Waals surface area contributed by atoms with Gasteiger partial charge in [-0.1, -0.05) is 42.5 Å². The van der Waals surface area contributed by atoms with Crippen LogP contribution in [0.5, 0.6) is 5.75 Å². The highest BCUT2D eigenvalue weighted by Crippen LogP contribution is 2.65. The molecule has 0 unspecified atom stereocenters. The number of hydrogen-bond acceptors (Lipinski definition) is 4. The molecule has 6 nitrogen and oxygen atoms in total. The van der Waals surface area contributed by atoms with E-state index >= 15 is 0 Å². The summed E-state index contributed by atoms with van der Waals surface area (Å²) < 4.78 is 5.50. The Kier molecular flexibility index (Phi) is 4.25. The Morgan fingerprint density at radius 1 is 0.938 bits per heavy atom. The van der Waals surface area contributed by atoms with E-state index in [2.05, 4.69) is 12.2 Å². The number of carbonyl (C=O) groups is 3. The van der Waals surface area contributed by atoms with Crippen LogP contribution in [-0.2, 0) is 9.59 Å². The Morgan fingerprint density at radius 3 is 2.16 bits per heavy atom. The molecular formula is C26H24N2O4. The summed E-state index contributed by atoms with van der Waals surface area (Å²) in [5, 5.41) is 0. The van der Waals surface area contributed by atoms with Crippen LogP contribution in [0, 0.1) is 35.5 Å². The maximum absolute atomic E-state index is 13.5. The van der Waals surface area contributed by atoms with Crippen LogP contribution in [-0.4, -0.2) is 36.4 Å². The summed E-state index contributed by atoms with van der Waals surface area (Å²) in [6, 6.07) is 16.1. The van der Waals surface area contributed by atoms with Crippen LogP contribution >= 0.6 is 0 Å². The molecular weight excluding hydrogens is 404 g/mol. The summed E-state index contributed by atoms with van der Waals surface area (Å²) in [5.74, 6) is 0.752. The van der Waals surface area contributed by atoms with Crippen LogP contribution in [0.3, 0.4) is 0 Å². The summed E-state index contributed by atoms with van der Waals surface area (Å²) in [6.07, 6.45) is 5.43. The molecule has 162 valence electrons. The number of methoxy groups -OCH3 is 1. The molecule has 3 amide bonds. The van der Waals surface area contributed by atoms with Crippen LogP contribution in [0.4, 0.5) is 5.69 Å². The number of para-hydroxylation sites is 2. The van der Waals surface area contributed by atoms with Crippen molar-refractivity contribution in [3.05, 3.63) is 72.3 Å². The van der Waals surface area contributed by atoms with Crippen molar-refractivity contribution < 1.29 is 19.1 Å². The van der Waals surface area contributed by atoms with E-state index in [1.54, 1.807) is 43.5 Å². The molecule has 2 aromatic carbocycles. The van der Waals surface area contributed by atoms with E-state index in [1.807, 2.05) is 18.2 Å². The highest BCUT2D eigenvalue weighted by molar-refractivity contribution is 6.10. The van der Waals surface area contributed by atoms with Crippen molar-refractivity contribution >= 4 is 23.4 Å². The zero-order chi connectivity index (χ0) is 22.0. The predicted octanol–water partition coefficient (Wildman–Crippen LogP) is 3.35. The predicted molar refractivity (Wildman–Crippen MR) is 118 cm³/mol. The number of nitrogens with zero attached hydrogens (tertiary/aromatic N) is 2. The molecule has 3 fully saturated rings. The van der Waals surface area contributed by atoms with Gasteiger partial charge in [-0.05, 0) is 54.4 Å². The van der Waals surface area contributed by atoms with Gasteiger partial charge in [0, 0.05) is 5.56 Å². The van der Waals surface area contributed by atoms with Gasteiger partial charge in [0.1, 0.15) is 12.4 Å². The summed E-state index contributed by atoms with van der Waals surface area (Å²) in [4.78, 5) is 43.3. The lowest BCUT2D eigenvalue weighted by Gasteiger charge is -2.37. The second-order valence-corrected chi connectivity index (χ2v) is 9.17. The van der Waals surface area contributed by atoms with E-state index in [4.69, 9.17) is 4.74 Å². The van der Waals surface area contributed by atoms with Crippen molar-refractivity contribution in [3.63, 3.8) is 0 Å². The maximum Gasteiger partial charge on any atom is 0.259 e. The monoisotopic (exact) mass is 428 g/mol. The van der Waals surface area contributed by atoms with E-state index in [0.29, 0.717) is 28.8 Å². The van der Waals surface area contributed by atoms with Crippen molar-refractivity contribution in [2.75, 3.05) is 18.7 Å². The molecule has 1 aliphatic heterocycles. The Labute approximate surface area is 186 Å². The van der Waals surface area contributed by atoms with Gasteiger partial charge in [-0.3, -0.25) is 24.2 Å². The SMILES string of the molecule is COc1ccccc1N(CN1C(=O)[C@H]2[C@@H]3C=C[C@H]([C@H]4C[C@H]34)[C@@H]2C1=O)C(=O)c1ccccc1. The number of likely N-dealkylation sites (tertiary alicyclic amines) is 1. The number of benzene rings is 2. The van der Waals surface area contributed by atoms with Gasteiger partial charge < -0.3 is 4.74 Å². The number of allylic oxidation sites excluding steroid dienone is 2. The number of imide groups is 1. The van der Waals surface area contributed by atoms with E-state index < -0.39 is 0 Å². The van der Waals surface area contributed by atoms with Gasteiger partial charge in [0.15, 0.2) is 0 Å². The fourth-order valence-corrected chi connectivity index (χ4v) is 6.14. The second-order valence-electron chi connectivity index (χ2n) is 9.17. The van der Waals surface area contributed by atoms with E-state index in [-0.39, 0.29) is 48.1 Å². The number of amides is 3. The minimum atomic E-state index is -0.285. The van der Waals surface area contributed by atoms with Crippen LogP contribution in [0.1, 0.15) is 16.8 Å². The highest BCUT2D eigenvalue weighted by atomic mass is 16.5. The van der Waals surface area contributed by atoms with Gasteiger partial charge in [-0.25, -0.2) is 0 Å². The van der Waals surface area contributed by atoms with Crippen molar-refractivity contribution in [2.24, 2.45) is 35.5 Å². The third kappa shape index (κ3) is 2.68. The van der Waals surface area contributed by atoms with Crippen molar-refractivity contribution in [1.82, 2.24) is 4.90 Å². The highest BCUT2D eigenvalue weighted by Gasteiger charge is 2.67. The first kappa shape index (κ1) is 19.3. The first-order valence-electron chi connectivity index (χ1n) is 11.1. The lowest BCUT2D eigenvalue weighted by atomic mass is 9.63. The summed E-state index contributed by atoms with van der Waals surface area (Å²) >= 11 is 0. The zero-order valence-corrected chi connectivity index (χ0v) is 17.8. The molecule has 32 heavy (non-hydrogen) atoms. The van der Waals surface area contributed by atoms with Gasteiger partial charge in [-0.2, -0.15) is 0 Å². The van der Waals surface area contributed by atoms with Gasteiger partial charge in [0.25, 0.3) is 5.91 Å². The quantitative estimate of drug-likeness (QED) is 0.541. The minimum Gasteiger partial charge on any atom is -0.495 e. The van der Waals surface area contributed by atoms with Crippen molar-refractivity contribution in [3.8, 4) is 5.75 Å². The van der Waals surface area contributed by atoms with Crippen molar-refractivity contribution in [1.29, 1.82) is 0 Å². The Bertz CT molecular complexity index is 1110. The van der Waals surface area contributed by atoms with Gasteiger partial charge in [-0.15, -0.1) is 0 Å². The molecule has 7 rings (SSSR count). The molecule has 4 aliphatic carbocycles. The molecule has 0 spiro atoms. The average molecular weight is 428 g/mol. The topological polar surface area (TPSA) is 66.9 Å². The fourth-order valence-electron chi connectivity index (χ4n) is 6.14. The van der Waals surface area contributed by atoms with Crippen LogP contribution in [0.2, 0.25) is 0 Å². The molecule has 2 aromatic rings. The van der Waals surface area contributed by atoms with E-state index in [0.717, 1.165) is 6.42 Å². The number of hydrogen-bond donors (Lipinski definition) is 0. The van der Waals surface area contributed by atoms with E-state index in [1.165, 1.54) is 9.80 Å². The van der Waals surface area contributed by atoms with E-state index in [9.17, 15) is 14.4 Å². The number of rotatable bonds is 5. The van der Waals surface area contributed by atoms with Gasteiger partial charge >= 0.3 is 0 Å². The third-order valence-electron chi connectivity index (χ3n) is 7.68. The standard InChI is InChI=1S/C26H24N2O4/c1-32-21-10-6-5-9-20(21)27(24(29)15-7-3-2-4-8-15)14-28-25(30)22-16-11-12-17(19-13-18(16)19)23(22)26(28)31/h2-12,16-19,22-23H,13-14H2,1H3/t16-,17-,18-,19-,22+,23+/m1/s1. The Morgan fingerprint density at radius 2 is 1.53 bits per heavy atom. The molecule has 0 radical (unpaired) electrons. The molecule has 0 aromatic heterocycles. The molecule has 2 saturated carbocycles. The molecule has 0 N–H and O–H groups in total. The molecule has 6 heteroatoms. The fraction of sp³-hybridized carbons (Fsp3) is 0.346. The largest absolute Gasteiger partial charge is 0.495 e. The normalized spacial score (nSPS) is 31.3. The molecule has 5 aliphatic rings. The van der Waals surface area contributed by atoms with Gasteiger partial charge in [0.2, 0.25) is 11.8 Å². The average Bonchev–Trinajstić information content (AvgIpc) is 3.62. The van der Waals surface area contributed by atoms with Crippen molar-refractivity contribution in [2.45, 2.75) is 6.42 Å². The summed E-state index contributed by atoms with van der Waals surface area (Å²) in [6.45, 7) is -0.118.